The average Bonchev–Trinajstić information content (AvgIpc) is 2.29. The van der Waals surface area contributed by atoms with Crippen LogP contribution in [0.4, 0.5) is 0 Å². The van der Waals surface area contributed by atoms with Gasteiger partial charge in [0.25, 0.3) is 0 Å². The van der Waals surface area contributed by atoms with Crippen molar-refractivity contribution >= 4 is 5.97 Å². The van der Waals surface area contributed by atoms with E-state index >= 15 is 0 Å². The number of aliphatic hydroxyl groups excluding tert-OH is 1. The summed E-state index contributed by atoms with van der Waals surface area (Å²) in [6, 6.07) is 8.80. The van der Waals surface area contributed by atoms with E-state index in [9.17, 15) is 4.79 Å². The van der Waals surface area contributed by atoms with Gasteiger partial charge in [-0.3, -0.25) is 0 Å². The molecule has 1 N–H and O–H groups in total. The molecule has 4 heteroatoms. The molecule has 1 heterocycles. The highest BCUT2D eigenvalue weighted by Gasteiger charge is 2.39. The minimum absolute atomic E-state index is 0.0188. The van der Waals surface area contributed by atoms with Crippen molar-refractivity contribution in [2.24, 2.45) is 5.41 Å². The van der Waals surface area contributed by atoms with E-state index in [4.69, 9.17) is 14.6 Å². The zero-order valence-corrected chi connectivity index (χ0v) is 8.89. The summed E-state index contributed by atoms with van der Waals surface area (Å²) in [6.45, 7) is 1.09. The molecule has 1 saturated heterocycles. The van der Waals surface area contributed by atoms with Crippen LogP contribution in [0.1, 0.15) is 10.4 Å². The van der Waals surface area contributed by atoms with E-state index in [2.05, 4.69) is 0 Å². The second-order valence-corrected chi connectivity index (χ2v) is 4.09. The van der Waals surface area contributed by atoms with Gasteiger partial charge in [-0.05, 0) is 12.1 Å². The maximum Gasteiger partial charge on any atom is 0.338 e. The number of carbonyl (C=O) groups is 1. The van der Waals surface area contributed by atoms with Gasteiger partial charge in [-0.2, -0.15) is 0 Å². The van der Waals surface area contributed by atoms with Gasteiger partial charge < -0.3 is 14.6 Å². The fourth-order valence-corrected chi connectivity index (χ4v) is 1.49. The first kappa shape index (κ1) is 11.1. The first-order valence-electron chi connectivity index (χ1n) is 5.17. The highest BCUT2D eigenvalue weighted by molar-refractivity contribution is 5.89. The van der Waals surface area contributed by atoms with Gasteiger partial charge in [0.05, 0.1) is 30.8 Å². The molecule has 1 aromatic rings. The predicted molar refractivity (Wildman–Crippen MR) is 57.1 cm³/mol. The van der Waals surface area contributed by atoms with Gasteiger partial charge in [0.2, 0.25) is 0 Å². The second-order valence-electron chi connectivity index (χ2n) is 4.09. The largest absolute Gasteiger partial charge is 0.461 e. The van der Waals surface area contributed by atoms with E-state index in [1.165, 1.54) is 0 Å². The molecule has 2 rings (SSSR count). The lowest BCUT2D eigenvalue weighted by Crippen LogP contribution is -2.49. The number of aliphatic hydroxyl groups is 1. The fourth-order valence-electron chi connectivity index (χ4n) is 1.49. The Kier molecular flexibility index (Phi) is 3.22. The molecule has 0 amide bonds. The third-order valence-corrected chi connectivity index (χ3v) is 2.67. The van der Waals surface area contributed by atoms with Crippen LogP contribution in [0.3, 0.4) is 0 Å². The number of hydrogen-bond donors (Lipinski definition) is 1. The number of rotatable bonds is 4. The minimum Gasteiger partial charge on any atom is -0.461 e. The van der Waals surface area contributed by atoms with Crippen LogP contribution in [-0.2, 0) is 9.47 Å². The molecule has 0 unspecified atom stereocenters. The average molecular weight is 222 g/mol. The Morgan fingerprint density at radius 2 is 2.06 bits per heavy atom. The number of ether oxygens (including phenoxy) is 2. The van der Waals surface area contributed by atoms with Crippen molar-refractivity contribution in [2.45, 2.75) is 0 Å². The molecule has 1 aromatic carbocycles. The van der Waals surface area contributed by atoms with Crippen LogP contribution in [0, 0.1) is 5.41 Å². The predicted octanol–water partition coefficient (Wildman–Crippen LogP) is 0.852. The summed E-state index contributed by atoms with van der Waals surface area (Å²) in [5.41, 5.74) is 0.139. The summed E-state index contributed by atoms with van der Waals surface area (Å²) in [7, 11) is 0. The standard InChI is InChI=1S/C12H14O4/c13-6-12(7-15-8-12)9-16-11(14)10-4-2-1-3-5-10/h1-5,13H,6-9H2. The summed E-state index contributed by atoms with van der Waals surface area (Å²) in [5, 5.41) is 9.15. The smallest absolute Gasteiger partial charge is 0.338 e. The van der Waals surface area contributed by atoms with E-state index in [0.717, 1.165) is 0 Å². The molecule has 86 valence electrons. The first-order chi connectivity index (χ1) is 7.76. The Morgan fingerprint density at radius 3 is 2.56 bits per heavy atom. The minimum atomic E-state index is -0.384. The van der Waals surface area contributed by atoms with Gasteiger partial charge in [0.1, 0.15) is 6.61 Å². The van der Waals surface area contributed by atoms with Crippen LogP contribution < -0.4 is 0 Å². The molecule has 0 saturated carbocycles. The SMILES string of the molecule is O=C(OCC1(CO)COC1)c1ccccc1. The van der Waals surface area contributed by atoms with Crippen LogP contribution in [0.25, 0.3) is 0 Å². The molecule has 1 fully saturated rings. The number of esters is 1. The molecular weight excluding hydrogens is 208 g/mol. The fraction of sp³-hybridized carbons (Fsp3) is 0.417. The lowest BCUT2D eigenvalue weighted by molar-refractivity contribution is -0.158. The number of carbonyl (C=O) groups excluding carboxylic acids is 1. The normalized spacial score (nSPS) is 17.6. The monoisotopic (exact) mass is 222 g/mol. The van der Waals surface area contributed by atoms with Gasteiger partial charge in [-0.15, -0.1) is 0 Å². The summed E-state index contributed by atoms with van der Waals surface area (Å²) < 4.78 is 10.2. The quantitative estimate of drug-likeness (QED) is 0.767. The highest BCUT2D eigenvalue weighted by Crippen LogP contribution is 2.27. The van der Waals surface area contributed by atoms with E-state index < -0.39 is 0 Å². The third kappa shape index (κ3) is 2.23. The van der Waals surface area contributed by atoms with Crippen molar-refractivity contribution in [3.63, 3.8) is 0 Å². The molecular formula is C12H14O4. The van der Waals surface area contributed by atoms with Crippen molar-refractivity contribution in [3.8, 4) is 0 Å². The molecule has 1 aliphatic rings. The van der Waals surface area contributed by atoms with E-state index in [1.807, 2.05) is 6.07 Å². The molecule has 4 nitrogen and oxygen atoms in total. The number of hydrogen-bond acceptors (Lipinski definition) is 4. The van der Waals surface area contributed by atoms with Crippen molar-refractivity contribution in [1.29, 1.82) is 0 Å². The van der Waals surface area contributed by atoms with Crippen LogP contribution in [0.2, 0.25) is 0 Å². The lowest BCUT2D eigenvalue weighted by Gasteiger charge is -2.38. The Labute approximate surface area is 93.8 Å². The molecule has 1 aliphatic heterocycles. The van der Waals surface area contributed by atoms with Crippen LogP contribution in [-0.4, -0.2) is 37.5 Å². The van der Waals surface area contributed by atoms with Gasteiger partial charge in [-0.25, -0.2) is 4.79 Å². The third-order valence-electron chi connectivity index (χ3n) is 2.67. The van der Waals surface area contributed by atoms with Gasteiger partial charge >= 0.3 is 5.97 Å². The summed E-state index contributed by atoms with van der Waals surface area (Å²) in [4.78, 5) is 11.6. The van der Waals surface area contributed by atoms with Crippen LogP contribution >= 0.6 is 0 Å². The maximum atomic E-state index is 11.6. The van der Waals surface area contributed by atoms with E-state index in [0.29, 0.717) is 18.8 Å². The maximum absolute atomic E-state index is 11.6. The Hall–Kier alpha value is -1.39. The number of benzene rings is 1. The van der Waals surface area contributed by atoms with Crippen LogP contribution in [0.5, 0.6) is 0 Å². The summed E-state index contributed by atoms with van der Waals surface area (Å²) in [6.07, 6.45) is 0. The zero-order valence-electron chi connectivity index (χ0n) is 8.89. The second kappa shape index (κ2) is 4.63. The molecule has 0 atom stereocenters. The van der Waals surface area contributed by atoms with Crippen molar-refractivity contribution < 1.29 is 19.4 Å². The molecule has 0 spiro atoms. The van der Waals surface area contributed by atoms with Crippen molar-refractivity contribution in [1.82, 2.24) is 0 Å². The first-order valence-corrected chi connectivity index (χ1v) is 5.17. The molecule has 0 bridgehead atoms. The van der Waals surface area contributed by atoms with Gasteiger partial charge in [-0.1, -0.05) is 18.2 Å². The van der Waals surface area contributed by atoms with Gasteiger partial charge in [0.15, 0.2) is 0 Å². The van der Waals surface area contributed by atoms with E-state index in [1.54, 1.807) is 24.3 Å². The summed E-state index contributed by atoms with van der Waals surface area (Å²) in [5.74, 6) is -0.361. The Bertz CT molecular complexity index is 351. The van der Waals surface area contributed by atoms with Crippen molar-refractivity contribution in [2.75, 3.05) is 26.4 Å². The molecule has 0 aliphatic carbocycles. The highest BCUT2D eigenvalue weighted by atomic mass is 16.5. The topological polar surface area (TPSA) is 55.8 Å². The molecule has 0 radical (unpaired) electrons. The van der Waals surface area contributed by atoms with Crippen molar-refractivity contribution in [3.05, 3.63) is 35.9 Å². The molecule has 0 aromatic heterocycles. The lowest BCUT2D eigenvalue weighted by atomic mass is 9.88. The van der Waals surface area contributed by atoms with Crippen LogP contribution in [0.15, 0.2) is 30.3 Å². The molecule has 16 heavy (non-hydrogen) atoms. The Morgan fingerprint density at radius 1 is 1.38 bits per heavy atom. The Balaban J connectivity index is 1.89. The van der Waals surface area contributed by atoms with E-state index in [-0.39, 0.29) is 24.6 Å². The van der Waals surface area contributed by atoms with Gasteiger partial charge in [0, 0.05) is 0 Å². The zero-order chi connectivity index (χ0) is 11.4. The summed E-state index contributed by atoms with van der Waals surface area (Å²) >= 11 is 0.